The third-order valence-electron chi connectivity index (χ3n) is 5.34. The molecule has 0 saturated heterocycles. The molecule has 0 aliphatic heterocycles. The maximum Gasteiger partial charge on any atom is 0.307 e. The van der Waals surface area contributed by atoms with Gasteiger partial charge in [0, 0.05) is 10.4 Å². The molecule has 2 bridgehead atoms. The summed E-state index contributed by atoms with van der Waals surface area (Å²) >= 11 is 1.46. The van der Waals surface area contributed by atoms with Gasteiger partial charge in [-0.05, 0) is 24.7 Å². The molecule has 26 heavy (non-hydrogen) atoms. The molecule has 1 aromatic carbocycles. The number of hydrogen-bond donors (Lipinski definition) is 2. The number of fused-ring (bicyclic) bond motifs is 2. The van der Waals surface area contributed by atoms with Crippen molar-refractivity contribution < 1.29 is 14.7 Å². The Morgan fingerprint density at radius 3 is 2.54 bits per heavy atom. The van der Waals surface area contributed by atoms with Crippen molar-refractivity contribution in [3.05, 3.63) is 47.4 Å². The average molecular weight is 368 g/mol. The summed E-state index contributed by atoms with van der Waals surface area (Å²) in [6.45, 7) is 2.06. The van der Waals surface area contributed by atoms with Crippen LogP contribution in [0.3, 0.4) is 0 Å². The predicted molar refractivity (Wildman–Crippen MR) is 101 cm³/mol. The number of thiazole rings is 1. The Bertz CT molecular complexity index is 874. The van der Waals surface area contributed by atoms with Crippen LogP contribution in [0.25, 0.3) is 11.3 Å². The number of amides is 1. The second kappa shape index (κ2) is 6.68. The quantitative estimate of drug-likeness (QED) is 0.786. The van der Waals surface area contributed by atoms with Crippen LogP contribution in [0.1, 0.15) is 18.2 Å². The van der Waals surface area contributed by atoms with Crippen LogP contribution in [-0.2, 0) is 16.0 Å². The third kappa shape index (κ3) is 2.84. The Hall–Kier alpha value is -2.47. The van der Waals surface area contributed by atoms with Gasteiger partial charge in [-0.15, -0.1) is 11.3 Å². The Labute approximate surface area is 155 Å². The molecule has 2 aromatic rings. The van der Waals surface area contributed by atoms with Gasteiger partial charge in [0.2, 0.25) is 5.91 Å². The molecule has 2 N–H and O–H groups in total. The number of anilines is 1. The normalized spacial score (nSPS) is 26.2. The Morgan fingerprint density at radius 2 is 1.88 bits per heavy atom. The molecule has 0 unspecified atom stereocenters. The number of allylic oxidation sites excluding steroid dienone is 2. The highest BCUT2D eigenvalue weighted by atomic mass is 32.1. The largest absolute Gasteiger partial charge is 0.481 e. The van der Waals surface area contributed by atoms with E-state index in [2.05, 4.69) is 17.2 Å². The molecule has 1 heterocycles. The zero-order chi connectivity index (χ0) is 18.3. The van der Waals surface area contributed by atoms with E-state index in [0.717, 1.165) is 29.0 Å². The molecule has 134 valence electrons. The second-order valence-electron chi connectivity index (χ2n) is 6.84. The SMILES string of the molecule is CCc1sc(NC(=O)[C@@H]2[C@@H](C(=O)O)[C@H]3C=C[C@H]2C3)nc1-c1ccccc1. The molecule has 1 aromatic heterocycles. The third-order valence-corrected chi connectivity index (χ3v) is 6.46. The van der Waals surface area contributed by atoms with E-state index in [1.807, 2.05) is 42.5 Å². The Kier molecular flexibility index (Phi) is 4.36. The van der Waals surface area contributed by atoms with Gasteiger partial charge in [0.05, 0.1) is 17.5 Å². The number of benzene rings is 1. The summed E-state index contributed by atoms with van der Waals surface area (Å²) in [4.78, 5) is 30.2. The van der Waals surface area contributed by atoms with Gasteiger partial charge in [0.1, 0.15) is 0 Å². The molecule has 1 saturated carbocycles. The topological polar surface area (TPSA) is 79.3 Å². The highest BCUT2D eigenvalue weighted by Crippen LogP contribution is 2.48. The van der Waals surface area contributed by atoms with Crippen LogP contribution in [0.15, 0.2) is 42.5 Å². The summed E-state index contributed by atoms with van der Waals surface area (Å²) in [6, 6.07) is 9.89. The summed E-state index contributed by atoms with van der Waals surface area (Å²) in [6.07, 6.45) is 5.51. The minimum absolute atomic E-state index is 0.0142. The van der Waals surface area contributed by atoms with Crippen molar-refractivity contribution in [2.45, 2.75) is 19.8 Å². The van der Waals surface area contributed by atoms with E-state index < -0.39 is 17.8 Å². The summed E-state index contributed by atoms with van der Waals surface area (Å²) in [5.74, 6) is -2.29. The second-order valence-corrected chi connectivity index (χ2v) is 7.92. The number of nitrogens with one attached hydrogen (secondary N) is 1. The van der Waals surface area contributed by atoms with Gasteiger partial charge in [-0.2, -0.15) is 0 Å². The number of aromatic nitrogens is 1. The zero-order valence-corrected chi connectivity index (χ0v) is 15.2. The van der Waals surface area contributed by atoms with Gasteiger partial charge in [-0.3, -0.25) is 9.59 Å². The number of carboxylic acid groups (broad SMARTS) is 1. The molecule has 2 aliphatic rings. The number of aryl methyl sites for hydroxylation is 1. The van der Waals surface area contributed by atoms with Crippen molar-refractivity contribution in [2.75, 3.05) is 5.32 Å². The summed E-state index contributed by atoms with van der Waals surface area (Å²) in [5.41, 5.74) is 1.91. The van der Waals surface area contributed by atoms with Crippen LogP contribution in [-0.4, -0.2) is 22.0 Å². The van der Waals surface area contributed by atoms with Crippen LogP contribution in [0.2, 0.25) is 0 Å². The van der Waals surface area contributed by atoms with Gasteiger partial charge in [0.15, 0.2) is 5.13 Å². The van der Waals surface area contributed by atoms with Crippen molar-refractivity contribution in [1.29, 1.82) is 0 Å². The fourth-order valence-electron chi connectivity index (χ4n) is 4.17. The molecule has 5 nitrogen and oxygen atoms in total. The van der Waals surface area contributed by atoms with Crippen LogP contribution in [0.5, 0.6) is 0 Å². The first-order chi connectivity index (χ1) is 12.6. The lowest BCUT2D eigenvalue weighted by Crippen LogP contribution is -2.36. The molecule has 6 heteroatoms. The average Bonchev–Trinajstić information content (AvgIpc) is 3.35. The van der Waals surface area contributed by atoms with E-state index in [-0.39, 0.29) is 17.7 Å². The van der Waals surface area contributed by atoms with Gasteiger partial charge in [-0.1, -0.05) is 49.4 Å². The smallest absolute Gasteiger partial charge is 0.307 e. The first-order valence-corrected chi connectivity index (χ1v) is 9.67. The minimum atomic E-state index is -0.889. The van der Waals surface area contributed by atoms with Gasteiger partial charge < -0.3 is 10.4 Å². The molecule has 2 aliphatic carbocycles. The number of nitrogens with zero attached hydrogens (tertiary/aromatic N) is 1. The molecule has 1 amide bonds. The van der Waals surface area contributed by atoms with Crippen LogP contribution < -0.4 is 5.32 Å². The van der Waals surface area contributed by atoms with Gasteiger partial charge >= 0.3 is 5.97 Å². The lowest BCUT2D eigenvalue weighted by Gasteiger charge is -2.23. The van der Waals surface area contributed by atoms with Crippen LogP contribution in [0.4, 0.5) is 5.13 Å². The molecular weight excluding hydrogens is 348 g/mol. The number of carbonyl (C=O) groups is 2. The van der Waals surface area contributed by atoms with E-state index in [9.17, 15) is 14.7 Å². The number of hydrogen-bond acceptors (Lipinski definition) is 4. The first kappa shape index (κ1) is 17.0. The van der Waals surface area contributed by atoms with Crippen molar-refractivity contribution in [1.82, 2.24) is 4.98 Å². The highest BCUT2D eigenvalue weighted by molar-refractivity contribution is 7.16. The van der Waals surface area contributed by atoms with E-state index in [4.69, 9.17) is 0 Å². The van der Waals surface area contributed by atoms with E-state index in [1.54, 1.807) is 0 Å². The summed E-state index contributed by atoms with van der Waals surface area (Å²) in [7, 11) is 0. The minimum Gasteiger partial charge on any atom is -0.481 e. The van der Waals surface area contributed by atoms with Crippen LogP contribution >= 0.6 is 11.3 Å². The Morgan fingerprint density at radius 1 is 1.19 bits per heavy atom. The van der Waals surface area contributed by atoms with Crippen molar-refractivity contribution in [3.8, 4) is 11.3 Å². The van der Waals surface area contributed by atoms with Crippen molar-refractivity contribution >= 4 is 28.3 Å². The maximum atomic E-state index is 12.8. The molecule has 4 rings (SSSR count). The maximum absolute atomic E-state index is 12.8. The predicted octanol–water partition coefficient (Wildman–Crippen LogP) is 3.83. The van der Waals surface area contributed by atoms with Gasteiger partial charge in [-0.25, -0.2) is 4.98 Å². The summed E-state index contributed by atoms with van der Waals surface area (Å²) < 4.78 is 0. The number of aliphatic carboxylic acids is 1. The number of carbonyl (C=O) groups excluding carboxylic acids is 1. The van der Waals surface area contributed by atoms with E-state index >= 15 is 0 Å². The number of carboxylic acids is 1. The molecule has 0 radical (unpaired) electrons. The monoisotopic (exact) mass is 368 g/mol. The summed E-state index contributed by atoms with van der Waals surface area (Å²) in [5, 5.41) is 13.0. The zero-order valence-electron chi connectivity index (χ0n) is 14.4. The van der Waals surface area contributed by atoms with E-state index in [1.165, 1.54) is 11.3 Å². The fourth-order valence-corrected chi connectivity index (χ4v) is 5.10. The van der Waals surface area contributed by atoms with Crippen molar-refractivity contribution in [3.63, 3.8) is 0 Å². The molecule has 4 atom stereocenters. The molecule has 1 fully saturated rings. The Balaban J connectivity index is 1.58. The van der Waals surface area contributed by atoms with Crippen molar-refractivity contribution in [2.24, 2.45) is 23.7 Å². The molecular formula is C20H20N2O3S. The standard InChI is InChI=1S/C20H20N2O3S/c1-2-14-17(11-6-4-3-5-7-11)21-20(26-14)22-18(23)15-12-8-9-13(10-12)16(15)19(24)25/h3-9,12-13,15-16H,2,10H2,1H3,(H,24,25)(H,21,22,23)/t12-,13-,15-,16-/m0/s1. The highest BCUT2D eigenvalue weighted by Gasteiger charge is 2.51. The lowest BCUT2D eigenvalue weighted by molar-refractivity contribution is -0.146. The van der Waals surface area contributed by atoms with Crippen LogP contribution in [0, 0.1) is 23.7 Å². The molecule has 0 spiro atoms. The number of rotatable bonds is 5. The first-order valence-electron chi connectivity index (χ1n) is 8.85. The fraction of sp³-hybridized carbons (Fsp3) is 0.350. The lowest BCUT2D eigenvalue weighted by atomic mass is 9.82. The van der Waals surface area contributed by atoms with Gasteiger partial charge in [0.25, 0.3) is 0 Å². The van der Waals surface area contributed by atoms with E-state index in [0.29, 0.717) is 5.13 Å².